The van der Waals surface area contributed by atoms with Crippen LogP contribution < -0.4 is 5.56 Å². The molecule has 1 aromatic carbocycles. The molecule has 0 saturated heterocycles. The summed E-state index contributed by atoms with van der Waals surface area (Å²) in [5.41, 5.74) is 0.494. The maximum atomic E-state index is 13.5. The number of benzene rings is 1. The Bertz CT molecular complexity index is 682. The number of aryl methyl sites for hydroxylation is 1. The molecule has 0 aliphatic carbocycles. The predicted molar refractivity (Wildman–Crippen MR) is 70.0 cm³/mol. The summed E-state index contributed by atoms with van der Waals surface area (Å²) in [5.74, 6) is -1.34. The minimum absolute atomic E-state index is 0.0203. The Kier molecular flexibility index (Phi) is 4.24. The van der Waals surface area contributed by atoms with Crippen LogP contribution in [0, 0.1) is 5.82 Å². The first kappa shape index (κ1) is 13.9. The van der Waals surface area contributed by atoms with Crippen molar-refractivity contribution in [3.63, 3.8) is 0 Å². The van der Waals surface area contributed by atoms with E-state index < -0.39 is 11.8 Å². The van der Waals surface area contributed by atoms with Gasteiger partial charge >= 0.3 is 5.97 Å². The van der Waals surface area contributed by atoms with Crippen molar-refractivity contribution in [3.8, 4) is 0 Å². The van der Waals surface area contributed by atoms with Gasteiger partial charge in [-0.1, -0.05) is 18.2 Å². The zero-order valence-electron chi connectivity index (χ0n) is 10.6. The van der Waals surface area contributed by atoms with Crippen LogP contribution in [0.3, 0.4) is 0 Å². The van der Waals surface area contributed by atoms with Gasteiger partial charge in [0.15, 0.2) is 0 Å². The lowest BCUT2D eigenvalue weighted by Gasteiger charge is -2.07. The number of rotatable bonds is 5. The van der Waals surface area contributed by atoms with Gasteiger partial charge in [0, 0.05) is 18.1 Å². The Morgan fingerprint density at radius 3 is 2.70 bits per heavy atom. The third-order valence-corrected chi connectivity index (χ3v) is 2.79. The van der Waals surface area contributed by atoms with Crippen molar-refractivity contribution in [2.24, 2.45) is 0 Å². The van der Waals surface area contributed by atoms with E-state index in [0.717, 1.165) is 4.68 Å². The summed E-state index contributed by atoms with van der Waals surface area (Å²) in [6.45, 7) is 0.0203. The first-order valence-electron chi connectivity index (χ1n) is 6.08. The molecule has 2 rings (SSSR count). The largest absolute Gasteiger partial charge is 0.481 e. The van der Waals surface area contributed by atoms with Crippen LogP contribution in [0.1, 0.15) is 17.7 Å². The summed E-state index contributed by atoms with van der Waals surface area (Å²) >= 11 is 0. The van der Waals surface area contributed by atoms with Crippen molar-refractivity contribution < 1.29 is 14.3 Å². The summed E-state index contributed by atoms with van der Waals surface area (Å²) in [6.07, 6.45) is 0.164. The number of carbonyl (C=O) groups is 1. The molecule has 0 spiro atoms. The van der Waals surface area contributed by atoms with Crippen molar-refractivity contribution in [2.75, 3.05) is 0 Å². The van der Waals surface area contributed by atoms with Gasteiger partial charge in [-0.2, -0.15) is 5.10 Å². The van der Waals surface area contributed by atoms with Crippen molar-refractivity contribution in [1.82, 2.24) is 9.78 Å². The predicted octanol–water partition coefficient (Wildman–Crippen LogP) is 1.45. The SMILES string of the molecule is O=C(O)CCc1ccc(=O)n(Cc2ccccc2F)n1. The first-order chi connectivity index (χ1) is 9.56. The molecule has 0 aliphatic rings. The van der Waals surface area contributed by atoms with Crippen LogP contribution in [0.25, 0.3) is 0 Å². The van der Waals surface area contributed by atoms with Crippen LogP contribution in [0.4, 0.5) is 4.39 Å². The molecule has 20 heavy (non-hydrogen) atoms. The van der Waals surface area contributed by atoms with Gasteiger partial charge in [0.25, 0.3) is 5.56 Å². The van der Waals surface area contributed by atoms with Gasteiger partial charge < -0.3 is 5.11 Å². The number of carboxylic acids is 1. The highest BCUT2D eigenvalue weighted by molar-refractivity contribution is 5.66. The molecule has 5 nitrogen and oxygen atoms in total. The van der Waals surface area contributed by atoms with Crippen molar-refractivity contribution >= 4 is 5.97 Å². The smallest absolute Gasteiger partial charge is 0.303 e. The van der Waals surface area contributed by atoms with Crippen LogP contribution in [0.15, 0.2) is 41.2 Å². The van der Waals surface area contributed by atoms with Gasteiger partial charge in [0.05, 0.1) is 18.7 Å². The molecule has 0 atom stereocenters. The lowest BCUT2D eigenvalue weighted by molar-refractivity contribution is -0.136. The summed E-state index contributed by atoms with van der Waals surface area (Å²) < 4.78 is 14.7. The molecular formula is C14H13FN2O3. The average Bonchev–Trinajstić information content (AvgIpc) is 2.42. The number of aliphatic carboxylic acids is 1. The minimum Gasteiger partial charge on any atom is -0.481 e. The van der Waals surface area contributed by atoms with Crippen LogP contribution in [-0.4, -0.2) is 20.9 Å². The Hall–Kier alpha value is -2.50. The van der Waals surface area contributed by atoms with Gasteiger partial charge in [0.1, 0.15) is 5.82 Å². The van der Waals surface area contributed by atoms with E-state index >= 15 is 0 Å². The fourth-order valence-corrected chi connectivity index (χ4v) is 1.76. The molecule has 0 bridgehead atoms. The third kappa shape index (κ3) is 3.50. The number of hydrogen-bond acceptors (Lipinski definition) is 3. The zero-order chi connectivity index (χ0) is 14.5. The summed E-state index contributed by atoms with van der Waals surface area (Å²) in [5, 5.41) is 12.7. The van der Waals surface area contributed by atoms with Gasteiger partial charge in [0.2, 0.25) is 0 Å². The van der Waals surface area contributed by atoms with Gasteiger partial charge in [-0.25, -0.2) is 9.07 Å². The maximum absolute atomic E-state index is 13.5. The molecule has 1 N–H and O–H groups in total. The molecule has 1 heterocycles. The highest BCUT2D eigenvalue weighted by Gasteiger charge is 2.06. The highest BCUT2D eigenvalue weighted by Crippen LogP contribution is 2.07. The second-order valence-electron chi connectivity index (χ2n) is 4.31. The average molecular weight is 276 g/mol. The topological polar surface area (TPSA) is 72.2 Å². The van der Waals surface area contributed by atoms with Crippen LogP contribution in [0.5, 0.6) is 0 Å². The summed E-state index contributed by atoms with van der Waals surface area (Å²) in [7, 11) is 0. The van der Waals surface area contributed by atoms with Crippen LogP contribution >= 0.6 is 0 Å². The second-order valence-corrected chi connectivity index (χ2v) is 4.31. The minimum atomic E-state index is -0.932. The lowest BCUT2D eigenvalue weighted by Crippen LogP contribution is -2.24. The van der Waals surface area contributed by atoms with Crippen molar-refractivity contribution in [1.29, 1.82) is 0 Å². The van der Waals surface area contributed by atoms with E-state index in [2.05, 4.69) is 5.10 Å². The summed E-state index contributed by atoms with van der Waals surface area (Å²) in [6, 6.07) is 8.94. The number of hydrogen-bond donors (Lipinski definition) is 1. The Morgan fingerprint density at radius 2 is 2.00 bits per heavy atom. The Balaban J connectivity index is 2.23. The van der Waals surface area contributed by atoms with Gasteiger partial charge in [-0.15, -0.1) is 0 Å². The molecule has 0 aliphatic heterocycles. The molecule has 0 amide bonds. The molecule has 2 aromatic rings. The molecule has 6 heteroatoms. The lowest BCUT2D eigenvalue weighted by atomic mass is 10.2. The molecule has 0 unspecified atom stereocenters. The van der Waals surface area contributed by atoms with Gasteiger partial charge in [-0.05, 0) is 12.1 Å². The van der Waals surface area contributed by atoms with E-state index in [1.165, 1.54) is 18.2 Å². The third-order valence-electron chi connectivity index (χ3n) is 2.79. The fraction of sp³-hybridized carbons (Fsp3) is 0.214. The van der Waals surface area contributed by atoms with Crippen LogP contribution in [0.2, 0.25) is 0 Å². The number of aromatic nitrogens is 2. The zero-order valence-corrected chi connectivity index (χ0v) is 10.6. The molecule has 0 fully saturated rings. The van der Waals surface area contributed by atoms with Crippen molar-refractivity contribution in [3.05, 3.63) is 63.8 Å². The van der Waals surface area contributed by atoms with E-state index in [1.54, 1.807) is 18.2 Å². The van der Waals surface area contributed by atoms with E-state index in [4.69, 9.17) is 5.11 Å². The molecular weight excluding hydrogens is 263 g/mol. The molecule has 1 aromatic heterocycles. The van der Waals surface area contributed by atoms with E-state index in [9.17, 15) is 14.0 Å². The van der Waals surface area contributed by atoms with E-state index in [1.807, 2.05) is 0 Å². The maximum Gasteiger partial charge on any atom is 0.303 e. The van der Waals surface area contributed by atoms with Crippen LogP contribution in [-0.2, 0) is 17.8 Å². The fourth-order valence-electron chi connectivity index (χ4n) is 1.76. The Labute approximate surface area is 114 Å². The molecule has 104 valence electrons. The molecule has 0 saturated carbocycles. The number of nitrogens with zero attached hydrogens (tertiary/aromatic N) is 2. The number of carboxylic acid groups (broad SMARTS) is 1. The van der Waals surface area contributed by atoms with E-state index in [0.29, 0.717) is 11.3 Å². The highest BCUT2D eigenvalue weighted by atomic mass is 19.1. The Morgan fingerprint density at radius 1 is 1.25 bits per heavy atom. The first-order valence-corrected chi connectivity index (χ1v) is 6.08. The monoisotopic (exact) mass is 276 g/mol. The van der Waals surface area contributed by atoms with E-state index in [-0.39, 0.29) is 24.9 Å². The summed E-state index contributed by atoms with van der Waals surface area (Å²) in [4.78, 5) is 22.2. The quantitative estimate of drug-likeness (QED) is 0.897. The standard InChI is InChI=1S/C14H13FN2O3/c15-12-4-2-1-3-10(12)9-17-13(18)7-5-11(16-17)6-8-14(19)20/h1-5,7H,6,8-9H2,(H,19,20). The molecule has 0 radical (unpaired) electrons. The number of halogens is 1. The normalized spacial score (nSPS) is 10.4. The second kappa shape index (κ2) is 6.10. The van der Waals surface area contributed by atoms with Crippen molar-refractivity contribution in [2.45, 2.75) is 19.4 Å². The van der Waals surface area contributed by atoms with Gasteiger partial charge in [-0.3, -0.25) is 9.59 Å².